The Kier molecular flexibility index (Phi) is 1.86. The lowest BCUT2D eigenvalue weighted by molar-refractivity contribution is 1.32. The van der Waals surface area contributed by atoms with Gasteiger partial charge in [0.05, 0.1) is 0 Å². The number of pyridine rings is 1. The van der Waals surface area contributed by atoms with Crippen molar-refractivity contribution < 1.29 is 0 Å². The first-order valence-corrected chi connectivity index (χ1v) is 2.90. The summed E-state index contributed by atoms with van der Waals surface area (Å²) in [6, 6.07) is 6.32. The molecule has 1 heterocycles. The minimum Gasteiger partial charge on any atom is -0.382 e. The Morgan fingerprint density at radius 3 is 3.10 bits per heavy atom. The van der Waals surface area contributed by atoms with E-state index in [9.17, 15) is 0 Å². The summed E-state index contributed by atoms with van der Waals surface area (Å²) < 4.78 is 0. The Hall–Kier alpha value is -1.56. The average Bonchev–Trinajstić information content (AvgIpc) is 1.94. The standard InChI is InChI=1S/C7H7N3/c1-9-5-6-3-2-4-10-7(6)8/h2-4,8H,1H3/p+1. The Balaban J connectivity index is 3.11. The van der Waals surface area contributed by atoms with Crippen LogP contribution < -0.4 is 5.73 Å². The minimum atomic E-state index is 0.466. The van der Waals surface area contributed by atoms with E-state index in [0.29, 0.717) is 5.82 Å². The maximum Gasteiger partial charge on any atom is 0.314 e. The highest BCUT2D eigenvalue weighted by Crippen LogP contribution is 2.03. The number of nitrogens with two attached hydrogens (primary N) is 1. The molecule has 0 aromatic carbocycles. The Morgan fingerprint density at radius 2 is 2.50 bits per heavy atom. The second-order valence-electron chi connectivity index (χ2n) is 1.77. The van der Waals surface area contributed by atoms with Crippen molar-refractivity contribution in [1.29, 1.82) is 0 Å². The fraction of sp³-hybridized carbons (Fsp3) is 0.143. The van der Waals surface area contributed by atoms with Gasteiger partial charge in [-0.2, -0.15) is 0 Å². The van der Waals surface area contributed by atoms with Gasteiger partial charge in [-0.15, -0.1) is 0 Å². The van der Waals surface area contributed by atoms with Crippen LogP contribution in [0.1, 0.15) is 5.56 Å². The smallest absolute Gasteiger partial charge is 0.314 e. The summed E-state index contributed by atoms with van der Waals surface area (Å²) >= 11 is 0. The van der Waals surface area contributed by atoms with Crippen molar-refractivity contribution in [2.45, 2.75) is 0 Å². The molecule has 50 valence electrons. The van der Waals surface area contributed by atoms with Crippen LogP contribution in [0.15, 0.2) is 18.3 Å². The molecular formula is C7H8N3+. The maximum absolute atomic E-state index is 5.47. The number of hydrogen-bond donors (Lipinski definition) is 1. The van der Waals surface area contributed by atoms with Crippen molar-refractivity contribution in [1.82, 2.24) is 4.98 Å². The predicted octanol–water partition coefficient (Wildman–Crippen LogP) is 0.975. The van der Waals surface area contributed by atoms with Crippen LogP contribution in [0, 0.1) is 6.07 Å². The van der Waals surface area contributed by atoms with E-state index in [1.54, 1.807) is 19.3 Å². The lowest BCUT2D eigenvalue weighted by Crippen LogP contribution is -1.92. The molecular weight excluding hydrogens is 126 g/mol. The Labute approximate surface area is 59.3 Å². The number of hydrogen-bond acceptors (Lipinski definition) is 2. The van der Waals surface area contributed by atoms with Crippen LogP contribution >= 0.6 is 0 Å². The molecule has 2 N–H and O–H groups in total. The number of nitrogens with zero attached hydrogens (tertiary/aromatic N) is 2. The monoisotopic (exact) mass is 134 g/mol. The summed E-state index contributed by atoms with van der Waals surface area (Å²) in [5.41, 5.74) is 6.21. The Morgan fingerprint density at radius 1 is 1.70 bits per heavy atom. The summed E-state index contributed by atoms with van der Waals surface area (Å²) in [5, 5.41) is 0. The molecule has 1 aromatic rings. The summed E-state index contributed by atoms with van der Waals surface area (Å²) in [4.78, 5) is 7.55. The third-order valence-corrected chi connectivity index (χ3v) is 1.07. The number of rotatable bonds is 0. The van der Waals surface area contributed by atoms with Gasteiger partial charge < -0.3 is 5.73 Å². The van der Waals surface area contributed by atoms with Crippen LogP contribution in [0.25, 0.3) is 4.85 Å². The van der Waals surface area contributed by atoms with Gasteiger partial charge in [0, 0.05) is 6.20 Å². The van der Waals surface area contributed by atoms with E-state index < -0.39 is 0 Å². The highest BCUT2D eigenvalue weighted by molar-refractivity contribution is 5.48. The lowest BCUT2D eigenvalue weighted by Gasteiger charge is -1.88. The molecule has 3 nitrogen and oxygen atoms in total. The van der Waals surface area contributed by atoms with E-state index >= 15 is 0 Å². The van der Waals surface area contributed by atoms with Crippen molar-refractivity contribution >= 4 is 5.82 Å². The summed E-state index contributed by atoms with van der Waals surface area (Å²) in [6.45, 7) is 0. The van der Waals surface area contributed by atoms with Crippen molar-refractivity contribution in [3.63, 3.8) is 0 Å². The first kappa shape index (κ1) is 6.56. The van der Waals surface area contributed by atoms with Gasteiger partial charge >= 0.3 is 6.07 Å². The lowest BCUT2D eigenvalue weighted by atomic mass is 10.3. The molecule has 1 rings (SSSR count). The van der Waals surface area contributed by atoms with E-state index in [2.05, 4.69) is 15.9 Å². The van der Waals surface area contributed by atoms with Crippen LogP contribution in [0.2, 0.25) is 0 Å². The second-order valence-corrected chi connectivity index (χ2v) is 1.77. The third-order valence-electron chi connectivity index (χ3n) is 1.07. The fourth-order valence-electron chi connectivity index (χ4n) is 0.633. The van der Waals surface area contributed by atoms with E-state index in [0.717, 1.165) is 5.56 Å². The topological polar surface area (TPSA) is 43.3 Å². The summed E-state index contributed by atoms with van der Waals surface area (Å²) in [6.07, 6.45) is 1.64. The quantitative estimate of drug-likeness (QED) is 0.574. The molecule has 1 aromatic heterocycles. The largest absolute Gasteiger partial charge is 0.382 e. The molecule has 0 amide bonds. The fourth-order valence-corrected chi connectivity index (χ4v) is 0.633. The van der Waals surface area contributed by atoms with Crippen LogP contribution in [-0.2, 0) is 0 Å². The van der Waals surface area contributed by atoms with Crippen molar-refractivity contribution in [3.8, 4) is 6.07 Å². The van der Waals surface area contributed by atoms with Gasteiger partial charge in [-0.3, -0.25) is 0 Å². The van der Waals surface area contributed by atoms with Gasteiger partial charge in [-0.05, 0) is 12.1 Å². The molecule has 0 aliphatic heterocycles. The van der Waals surface area contributed by atoms with Crippen LogP contribution in [-0.4, -0.2) is 12.0 Å². The minimum absolute atomic E-state index is 0.466. The molecule has 3 heteroatoms. The zero-order chi connectivity index (χ0) is 7.40. The van der Waals surface area contributed by atoms with Gasteiger partial charge in [-0.1, -0.05) is 4.85 Å². The van der Waals surface area contributed by atoms with Gasteiger partial charge in [0.2, 0.25) is 0 Å². The van der Waals surface area contributed by atoms with Gasteiger partial charge in [0.25, 0.3) is 7.05 Å². The molecule has 0 saturated heterocycles. The molecule has 0 bridgehead atoms. The normalized spacial score (nSPS) is 8.10. The third kappa shape index (κ3) is 1.23. The van der Waals surface area contributed by atoms with Gasteiger partial charge in [0.1, 0.15) is 11.4 Å². The number of nitrogen functional groups attached to an aromatic ring is 1. The SMILES string of the molecule is C[N+]#Cc1cccnc1N. The second kappa shape index (κ2) is 2.83. The average molecular weight is 134 g/mol. The van der Waals surface area contributed by atoms with Gasteiger partial charge in [-0.25, -0.2) is 4.98 Å². The van der Waals surface area contributed by atoms with Crippen molar-refractivity contribution in [2.75, 3.05) is 12.8 Å². The summed E-state index contributed by atoms with van der Waals surface area (Å²) in [5.74, 6) is 0.466. The van der Waals surface area contributed by atoms with Crippen molar-refractivity contribution in [3.05, 3.63) is 28.7 Å². The highest BCUT2D eigenvalue weighted by Gasteiger charge is 1.98. The number of anilines is 1. The van der Waals surface area contributed by atoms with Gasteiger partial charge in [0.15, 0.2) is 0 Å². The molecule has 0 saturated carbocycles. The molecule has 0 aliphatic carbocycles. The van der Waals surface area contributed by atoms with E-state index in [1.165, 1.54) is 0 Å². The first-order chi connectivity index (χ1) is 4.84. The zero-order valence-corrected chi connectivity index (χ0v) is 5.70. The highest BCUT2D eigenvalue weighted by atomic mass is 14.8. The predicted molar refractivity (Wildman–Crippen MR) is 40.9 cm³/mol. The molecule has 10 heavy (non-hydrogen) atoms. The molecule has 0 atom stereocenters. The maximum atomic E-state index is 5.47. The zero-order valence-electron chi connectivity index (χ0n) is 5.70. The van der Waals surface area contributed by atoms with Crippen LogP contribution in [0.4, 0.5) is 5.82 Å². The molecule has 0 unspecified atom stereocenters. The Bertz CT molecular complexity index is 282. The first-order valence-electron chi connectivity index (χ1n) is 2.90. The van der Waals surface area contributed by atoms with Crippen molar-refractivity contribution in [2.24, 2.45) is 0 Å². The van der Waals surface area contributed by atoms with E-state index in [-0.39, 0.29) is 0 Å². The van der Waals surface area contributed by atoms with E-state index in [4.69, 9.17) is 5.73 Å². The van der Waals surface area contributed by atoms with Crippen LogP contribution in [0.3, 0.4) is 0 Å². The van der Waals surface area contributed by atoms with E-state index in [1.807, 2.05) is 6.07 Å². The number of aromatic nitrogens is 1. The molecule has 0 radical (unpaired) electrons. The molecule has 0 spiro atoms. The molecule has 0 aliphatic rings. The summed E-state index contributed by atoms with van der Waals surface area (Å²) in [7, 11) is 1.65. The van der Waals surface area contributed by atoms with Crippen LogP contribution in [0.5, 0.6) is 0 Å². The molecule has 0 fully saturated rings.